The molecular weight excluding hydrogens is 270 g/mol. The van der Waals surface area contributed by atoms with E-state index in [1.54, 1.807) is 0 Å². The third-order valence-electron chi connectivity index (χ3n) is 5.97. The third-order valence-corrected chi connectivity index (χ3v) is 5.97. The van der Waals surface area contributed by atoms with E-state index < -0.39 is 0 Å². The van der Waals surface area contributed by atoms with Crippen molar-refractivity contribution < 1.29 is 5.11 Å². The van der Waals surface area contributed by atoms with Crippen molar-refractivity contribution in [2.24, 2.45) is 11.8 Å². The highest BCUT2D eigenvalue weighted by Gasteiger charge is 2.42. The molecule has 2 N–H and O–H groups in total. The van der Waals surface area contributed by atoms with Crippen LogP contribution in [-0.2, 0) is 6.54 Å². The number of benzene rings is 1. The lowest BCUT2D eigenvalue weighted by Crippen LogP contribution is -2.44. The van der Waals surface area contributed by atoms with Gasteiger partial charge in [0.2, 0.25) is 0 Å². The molecule has 1 aromatic carbocycles. The van der Waals surface area contributed by atoms with Crippen molar-refractivity contribution in [1.29, 1.82) is 0 Å². The minimum absolute atomic E-state index is 0.291. The average molecular weight is 301 g/mol. The Hall–Kier alpha value is -0.860. The van der Waals surface area contributed by atoms with Gasteiger partial charge in [0.1, 0.15) is 0 Å². The van der Waals surface area contributed by atoms with Crippen LogP contribution in [0.5, 0.6) is 0 Å². The summed E-state index contributed by atoms with van der Waals surface area (Å²) >= 11 is 0. The first kappa shape index (κ1) is 16.0. The lowest BCUT2D eigenvalue weighted by molar-refractivity contribution is -0.0855. The van der Waals surface area contributed by atoms with Crippen LogP contribution in [0.15, 0.2) is 30.3 Å². The van der Waals surface area contributed by atoms with E-state index in [9.17, 15) is 5.11 Å². The summed E-state index contributed by atoms with van der Waals surface area (Å²) in [5.74, 6) is 1.47. The summed E-state index contributed by atoms with van der Waals surface area (Å²) < 4.78 is 0. The van der Waals surface area contributed by atoms with Gasteiger partial charge in [-0.2, -0.15) is 0 Å². The molecule has 0 spiro atoms. The van der Waals surface area contributed by atoms with Crippen LogP contribution >= 0.6 is 0 Å². The fourth-order valence-electron chi connectivity index (χ4n) is 4.16. The molecular formula is C20H31NO. The van der Waals surface area contributed by atoms with Crippen LogP contribution in [0.2, 0.25) is 0 Å². The van der Waals surface area contributed by atoms with Crippen LogP contribution in [0.25, 0.3) is 0 Å². The lowest BCUT2D eigenvalue weighted by Gasteiger charge is -2.45. The number of rotatable bonds is 7. The molecule has 0 unspecified atom stereocenters. The number of hydrogen-bond donors (Lipinski definition) is 2. The second kappa shape index (κ2) is 7.61. The first-order chi connectivity index (χ1) is 10.8. The van der Waals surface area contributed by atoms with Gasteiger partial charge >= 0.3 is 0 Å². The first-order valence-electron chi connectivity index (χ1n) is 9.23. The van der Waals surface area contributed by atoms with Gasteiger partial charge in [0, 0.05) is 6.54 Å². The highest BCUT2D eigenvalue weighted by molar-refractivity contribution is 5.14. The highest BCUT2D eigenvalue weighted by atomic mass is 16.3. The molecule has 0 amide bonds. The van der Waals surface area contributed by atoms with Gasteiger partial charge in [0.25, 0.3) is 0 Å². The zero-order chi connectivity index (χ0) is 15.3. The van der Waals surface area contributed by atoms with E-state index in [1.165, 1.54) is 50.5 Å². The minimum atomic E-state index is -0.291. The Morgan fingerprint density at radius 3 is 2.41 bits per heavy atom. The predicted molar refractivity (Wildman–Crippen MR) is 91.6 cm³/mol. The molecule has 2 fully saturated rings. The van der Waals surface area contributed by atoms with Crippen molar-refractivity contribution in [2.45, 2.75) is 69.9 Å². The maximum absolute atomic E-state index is 10.7. The number of hydrogen-bond acceptors (Lipinski definition) is 2. The van der Waals surface area contributed by atoms with Crippen LogP contribution in [0, 0.1) is 11.8 Å². The van der Waals surface area contributed by atoms with E-state index in [-0.39, 0.29) is 5.60 Å². The Balaban J connectivity index is 1.27. The summed E-state index contributed by atoms with van der Waals surface area (Å²) in [5, 5.41) is 14.3. The van der Waals surface area contributed by atoms with Gasteiger partial charge in [-0.3, -0.25) is 0 Å². The maximum atomic E-state index is 10.7. The standard InChI is InChI=1S/C20H31NO/c22-20(19-9-4-10-19)13-11-17(12-14-20)8-5-15-21-16-18-6-2-1-3-7-18/h1-3,6-7,17,19,21-22H,4-5,8-16H2. The monoisotopic (exact) mass is 301 g/mol. The van der Waals surface area contributed by atoms with E-state index in [0.717, 1.165) is 31.8 Å². The number of aliphatic hydroxyl groups is 1. The van der Waals surface area contributed by atoms with Crippen molar-refractivity contribution in [3.63, 3.8) is 0 Å². The molecule has 3 rings (SSSR count). The summed E-state index contributed by atoms with van der Waals surface area (Å²) in [7, 11) is 0. The van der Waals surface area contributed by atoms with E-state index >= 15 is 0 Å². The van der Waals surface area contributed by atoms with Gasteiger partial charge in [-0.25, -0.2) is 0 Å². The molecule has 0 atom stereocenters. The van der Waals surface area contributed by atoms with Crippen LogP contribution < -0.4 is 5.32 Å². The van der Waals surface area contributed by atoms with E-state index in [1.807, 2.05) is 0 Å². The molecule has 0 aromatic heterocycles. The summed E-state index contributed by atoms with van der Waals surface area (Å²) in [5.41, 5.74) is 1.08. The van der Waals surface area contributed by atoms with Gasteiger partial charge in [0.15, 0.2) is 0 Å². The smallest absolute Gasteiger partial charge is 0.0676 e. The normalized spacial score (nSPS) is 29.2. The van der Waals surface area contributed by atoms with Crippen LogP contribution in [0.4, 0.5) is 0 Å². The van der Waals surface area contributed by atoms with Crippen LogP contribution in [0.3, 0.4) is 0 Å². The van der Waals surface area contributed by atoms with Crippen molar-refractivity contribution in [1.82, 2.24) is 5.32 Å². The molecule has 0 radical (unpaired) electrons. The Morgan fingerprint density at radius 1 is 1.05 bits per heavy atom. The molecule has 22 heavy (non-hydrogen) atoms. The Kier molecular flexibility index (Phi) is 5.54. The van der Waals surface area contributed by atoms with E-state index in [2.05, 4.69) is 35.6 Å². The molecule has 0 bridgehead atoms. The van der Waals surface area contributed by atoms with E-state index in [0.29, 0.717) is 5.92 Å². The van der Waals surface area contributed by atoms with Crippen molar-refractivity contribution in [3.05, 3.63) is 35.9 Å². The Morgan fingerprint density at radius 2 is 1.77 bits per heavy atom. The van der Waals surface area contributed by atoms with Gasteiger partial charge in [-0.15, -0.1) is 0 Å². The zero-order valence-corrected chi connectivity index (χ0v) is 13.8. The molecule has 2 aliphatic carbocycles. The second-order valence-corrected chi connectivity index (χ2v) is 7.48. The Labute approximate surface area is 135 Å². The molecule has 1 aromatic rings. The molecule has 2 saturated carbocycles. The third kappa shape index (κ3) is 4.11. The van der Waals surface area contributed by atoms with Crippen LogP contribution in [-0.4, -0.2) is 17.3 Å². The molecule has 0 aliphatic heterocycles. The van der Waals surface area contributed by atoms with Gasteiger partial charge in [-0.1, -0.05) is 36.8 Å². The average Bonchev–Trinajstić information content (AvgIpc) is 2.48. The highest BCUT2D eigenvalue weighted by Crippen LogP contribution is 2.46. The predicted octanol–water partition coefficient (Wildman–Crippen LogP) is 4.28. The van der Waals surface area contributed by atoms with Gasteiger partial charge in [0.05, 0.1) is 5.60 Å². The minimum Gasteiger partial charge on any atom is -0.390 e. The molecule has 0 saturated heterocycles. The largest absolute Gasteiger partial charge is 0.390 e. The summed E-state index contributed by atoms with van der Waals surface area (Å²) in [6, 6.07) is 10.6. The van der Waals surface area contributed by atoms with Crippen LogP contribution in [0.1, 0.15) is 63.4 Å². The molecule has 2 heteroatoms. The summed E-state index contributed by atoms with van der Waals surface area (Å²) in [4.78, 5) is 0. The molecule has 122 valence electrons. The lowest BCUT2D eigenvalue weighted by atomic mass is 9.64. The fraction of sp³-hybridized carbons (Fsp3) is 0.700. The van der Waals surface area contributed by atoms with Gasteiger partial charge < -0.3 is 10.4 Å². The van der Waals surface area contributed by atoms with Crippen molar-refractivity contribution in [3.8, 4) is 0 Å². The topological polar surface area (TPSA) is 32.3 Å². The van der Waals surface area contributed by atoms with Gasteiger partial charge in [-0.05, 0) is 75.3 Å². The molecule has 2 aliphatic rings. The second-order valence-electron chi connectivity index (χ2n) is 7.48. The summed E-state index contributed by atoms with van der Waals surface area (Å²) in [6.07, 6.45) is 11.1. The quantitative estimate of drug-likeness (QED) is 0.737. The molecule has 2 nitrogen and oxygen atoms in total. The van der Waals surface area contributed by atoms with Crippen molar-refractivity contribution >= 4 is 0 Å². The number of nitrogens with one attached hydrogen (secondary N) is 1. The molecule has 0 heterocycles. The van der Waals surface area contributed by atoms with E-state index in [4.69, 9.17) is 0 Å². The van der Waals surface area contributed by atoms with Crippen molar-refractivity contribution in [2.75, 3.05) is 6.54 Å². The zero-order valence-electron chi connectivity index (χ0n) is 13.8. The SMILES string of the molecule is OC1(C2CCC2)CCC(CCCNCc2ccccc2)CC1. The fourth-order valence-corrected chi connectivity index (χ4v) is 4.16. The Bertz CT molecular complexity index is 432. The first-order valence-corrected chi connectivity index (χ1v) is 9.23. The maximum Gasteiger partial charge on any atom is 0.0676 e. The summed E-state index contributed by atoms with van der Waals surface area (Å²) in [6.45, 7) is 2.09.